The van der Waals surface area contributed by atoms with E-state index in [1.54, 1.807) is 7.11 Å². The van der Waals surface area contributed by atoms with Crippen LogP contribution in [0.25, 0.3) is 0 Å². The van der Waals surface area contributed by atoms with Crippen LogP contribution < -0.4 is 10.6 Å². The average Bonchev–Trinajstić information content (AvgIpc) is 2.34. The molecule has 1 aliphatic carbocycles. The molecule has 1 rings (SSSR count). The van der Waals surface area contributed by atoms with Gasteiger partial charge in [0.25, 0.3) is 0 Å². The fourth-order valence-electron chi connectivity index (χ4n) is 2.35. The lowest BCUT2D eigenvalue weighted by Gasteiger charge is -2.43. The molecule has 0 bridgehead atoms. The summed E-state index contributed by atoms with van der Waals surface area (Å²) in [5.41, 5.74) is -0.450. The summed E-state index contributed by atoms with van der Waals surface area (Å²) < 4.78 is 16.2. The van der Waals surface area contributed by atoms with Gasteiger partial charge >= 0.3 is 6.09 Å². The van der Waals surface area contributed by atoms with Gasteiger partial charge in [0.15, 0.2) is 0 Å². The van der Waals surface area contributed by atoms with Crippen LogP contribution in [0.4, 0.5) is 4.79 Å². The van der Waals surface area contributed by atoms with Gasteiger partial charge in [0.1, 0.15) is 5.60 Å². The molecule has 1 saturated carbocycles. The first-order chi connectivity index (χ1) is 9.87. The molecule has 1 amide bonds. The molecule has 6 heteroatoms. The lowest BCUT2D eigenvalue weighted by Crippen LogP contribution is -2.60. The van der Waals surface area contributed by atoms with Gasteiger partial charge in [0.2, 0.25) is 0 Å². The average molecular weight is 302 g/mol. The number of nitrogens with one attached hydrogen (secondary N) is 2. The highest BCUT2D eigenvalue weighted by Crippen LogP contribution is 2.26. The smallest absolute Gasteiger partial charge is 0.407 e. The minimum Gasteiger partial charge on any atom is -0.444 e. The Kier molecular flexibility index (Phi) is 7.42. The van der Waals surface area contributed by atoms with E-state index < -0.39 is 5.60 Å². The van der Waals surface area contributed by atoms with E-state index in [2.05, 4.69) is 10.6 Å². The van der Waals surface area contributed by atoms with Crippen LogP contribution in [0.5, 0.6) is 0 Å². The van der Waals surface area contributed by atoms with Crippen molar-refractivity contribution in [2.75, 3.05) is 26.8 Å². The molecule has 0 aromatic rings. The minimum atomic E-state index is -0.450. The fraction of sp³-hybridized carbons (Fsp3) is 0.933. The molecule has 0 spiro atoms. The Morgan fingerprint density at radius 3 is 2.57 bits per heavy atom. The summed E-state index contributed by atoms with van der Waals surface area (Å²) in [6.07, 6.45) is 1.80. The summed E-state index contributed by atoms with van der Waals surface area (Å²) in [5, 5.41) is 6.18. The summed E-state index contributed by atoms with van der Waals surface area (Å²) in [5.74, 6) is 0. The van der Waals surface area contributed by atoms with E-state index in [0.717, 1.165) is 26.0 Å². The Morgan fingerprint density at radius 1 is 1.29 bits per heavy atom. The van der Waals surface area contributed by atoms with Crippen molar-refractivity contribution in [3.8, 4) is 0 Å². The van der Waals surface area contributed by atoms with Gasteiger partial charge in [-0.25, -0.2) is 4.79 Å². The Labute approximate surface area is 127 Å². The molecule has 0 aliphatic heterocycles. The molecular weight excluding hydrogens is 272 g/mol. The van der Waals surface area contributed by atoms with Crippen molar-refractivity contribution >= 4 is 6.09 Å². The van der Waals surface area contributed by atoms with Crippen LogP contribution in [0.1, 0.15) is 40.5 Å². The Morgan fingerprint density at radius 2 is 2.00 bits per heavy atom. The molecule has 0 aromatic heterocycles. The summed E-state index contributed by atoms with van der Waals surface area (Å²) in [6, 6.07) is 0.341. The second kappa shape index (κ2) is 8.56. The van der Waals surface area contributed by atoms with Crippen LogP contribution in [0, 0.1) is 0 Å². The summed E-state index contributed by atoms with van der Waals surface area (Å²) >= 11 is 0. The molecule has 0 heterocycles. The zero-order chi connectivity index (χ0) is 15.9. The SMILES string of the molecule is CCOC1CC(NCCCNC(=O)OC(C)(C)C)C1OC. The molecule has 0 radical (unpaired) electrons. The lowest BCUT2D eigenvalue weighted by atomic mass is 9.85. The third-order valence-electron chi connectivity index (χ3n) is 3.33. The van der Waals surface area contributed by atoms with Crippen molar-refractivity contribution in [2.24, 2.45) is 0 Å². The highest BCUT2D eigenvalue weighted by Gasteiger charge is 2.41. The van der Waals surface area contributed by atoms with Crippen molar-refractivity contribution in [3.63, 3.8) is 0 Å². The largest absolute Gasteiger partial charge is 0.444 e. The number of methoxy groups -OCH3 is 1. The first-order valence-electron chi connectivity index (χ1n) is 7.72. The molecule has 3 atom stereocenters. The summed E-state index contributed by atoms with van der Waals surface area (Å²) in [4.78, 5) is 11.4. The van der Waals surface area contributed by atoms with E-state index in [-0.39, 0.29) is 18.3 Å². The van der Waals surface area contributed by atoms with Crippen LogP contribution >= 0.6 is 0 Å². The van der Waals surface area contributed by atoms with Gasteiger partial charge in [-0.1, -0.05) is 0 Å². The maximum atomic E-state index is 11.4. The van der Waals surface area contributed by atoms with Crippen LogP contribution in [0.3, 0.4) is 0 Å². The number of ether oxygens (including phenoxy) is 3. The van der Waals surface area contributed by atoms with Crippen molar-refractivity contribution < 1.29 is 19.0 Å². The van der Waals surface area contributed by atoms with E-state index in [1.807, 2.05) is 27.7 Å². The Balaban J connectivity index is 2.06. The number of rotatable bonds is 8. The predicted molar refractivity (Wildman–Crippen MR) is 81.5 cm³/mol. The fourth-order valence-corrected chi connectivity index (χ4v) is 2.35. The zero-order valence-electron chi connectivity index (χ0n) is 13.9. The summed E-state index contributed by atoms with van der Waals surface area (Å²) in [6.45, 7) is 9.70. The minimum absolute atomic E-state index is 0.128. The third-order valence-corrected chi connectivity index (χ3v) is 3.33. The highest BCUT2D eigenvalue weighted by molar-refractivity contribution is 5.67. The maximum absolute atomic E-state index is 11.4. The second-order valence-electron chi connectivity index (χ2n) is 6.27. The van der Waals surface area contributed by atoms with Crippen molar-refractivity contribution in [2.45, 2.75) is 64.4 Å². The van der Waals surface area contributed by atoms with E-state index in [9.17, 15) is 4.79 Å². The first-order valence-corrected chi connectivity index (χ1v) is 7.72. The van der Waals surface area contributed by atoms with Gasteiger partial charge in [0, 0.05) is 26.3 Å². The van der Waals surface area contributed by atoms with Gasteiger partial charge in [-0.15, -0.1) is 0 Å². The van der Waals surface area contributed by atoms with Crippen LogP contribution in [-0.4, -0.2) is 56.8 Å². The van der Waals surface area contributed by atoms with Crippen molar-refractivity contribution in [3.05, 3.63) is 0 Å². The number of carbonyl (C=O) groups is 1. The Bertz CT molecular complexity index is 317. The van der Waals surface area contributed by atoms with E-state index in [1.165, 1.54) is 0 Å². The third kappa shape index (κ3) is 6.63. The monoisotopic (exact) mass is 302 g/mol. The number of amides is 1. The molecular formula is C15H30N2O4. The van der Waals surface area contributed by atoms with Gasteiger partial charge in [0.05, 0.1) is 12.2 Å². The zero-order valence-corrected chi connectivity index (χ0v) is 13.9. The molecule has 0 saturated heterocycles. The highest BCUT2D eigenvalue weighted by atomic mass is 16.6. The quantitative estimate of drug-likeness (QED) is 0.668. The lowest BCUT2D eigenvalue weighted by molar-refractivity contribution is -0.131. The van der Waals surface area contributed by atoms with Crippen molar-refractivity contribution in [1.82, 2.24) is 10.6 Å². The van der Waals surface area contributed by atoms with Crippen LogP contribution in [-0.2, 0) is 14.2 Å². The molecule has 3 unspecified atom stereocenters. The molecule has 124 valence electrons. The van der Waals surface area contributed by atoms with Gasteiger partial charge in [-0.2, -0.15) is 0 Å². The first kappa shape index (κ1) is 18.2. The molecule has 6 nitrogen and oxygen atoms in total. The van der Waals surface area contributed by atoms with Gasteiger partial charge < -0.3 is 24.8 Å². The van der Waals surface area contributed by atoms with E-state index >= 15 is 0 Å². The topological polar surface area (TPSA) is 68.8 Å². The number of carbonyl (C=O) groups excluding carboxylic acids is 1. The van der Waals surface area contributed by atoms with E-state index in [0.29, 0.717) is 12.6 Å². The molecule has 2 N–H and O–H groups in total. The summed E-state index contributed by atoms with van der Waals surface area (Å²) in [7, 11) is 1.72. The standard InChI is InChI=1S/C15H30N2O4/c1-6-20-12-10-11(13(12)19-5)16-8-7-9-17-14(18)21-15(2,3)4/h11-13,16H,6-10H2,1-5H3,(H,17,18). The molecule has 0 aromatic carbocycles. The van der Waals surface area contributed by atoms with Gasteiger partial charge in [-0.05, 0) is 47.1 Å². The predicted octanol–water partition coefficient (Wildman–Crippen LogP) is 1.68. The van der Waals surface area contributed by atoms with Crippen LogP contribution in [0.15, 0.2) is 0 Å². The second-order valence-corrected chi connectivity index (χ2v) is 6.27. The maximum Gasteiger partial charge on any atom is 0.407 e. The number of hydrogen-bond donors (Lipinski definition) is 2. The molecule has 21 heavy (non-hydrogen) atoms. The molecule has 1 aliphatic rings. The number of hydrogen-bond acceptors (Lipinski definition) is 5. The molecule has 1 fully saturated rings. The van der Waals surface area contributed by atoms with Crippen molar-refractivity contribution in [1.29, 1.82) is 0 Å². The van der Waals surface area contributed by atoms with E-state index in [4.69, 9.17) is 14.2 Å². The normalized spacial score (nSPS) is 25.3. The number of alkyl carbamates (subject to hydrolysis) is 1. The Hall–Kier alpha value is -0.850. The van der Waals surface area contributed by atoms with Gasteiger partial charge in [-0.3, -0.25) is 0 Å². The van der Waals surface area contributed by atoms with Crippen LogP contribution in [0.2, 0.25) is 0 Å².